The van der Waals surface area contributed by atoms with Gasteiger partial charge in [-0.05, 0) is 101 Å². The molecule has 8 heteroatoms. The summed E-state index contributed by atoms with van der Waals surface area (Å²) in [6, 6.07) is 59.3. The highest BCUT2D eigenvalue weighted by Crippen LogP contribution is 2.40. The second-order valence-electron chi connectivity index (χ2n) is 15.8. The first-order chi connectivity index (χ1) is 31.2. The molecule has 0 bridgehead atoms. The molecule has 13 rings (SSSR count). The van der Waals surface area contributed by atoms with Gasteiger partial charge in [-0.25, -0.2) is 19.9 Å². The summed E-state index contributed by atoms with van der Waals surface area (Å²) in [4.78, 5) is 24.0. The van der Waals surface area contributed by atoms with Crippen LogP contribution in [0.4, 0.5) is 0 Å². The van der Waals surface area contributed by atoms with Crippen LogP contribution in [0.15, 0.2) is 205 Å². The second-order valence-corrected chi connectivity index (χ2v) is 15.8. The number of pyridine rings is 3. The molecule has 0 aliphatic rings. The Bertz CT molecular complexity index is 3920. The Morgan fingerprint density at radius 1 is 0.397 bits per heavy atom. The van der Waals surface area contributed by atoms with Crippen LogP contribution in [0.25, 0.3) is 122 Å². The van der Waals surface area contributed by atoms with Crippen LogP contribution in [-0.4, -0.2) is 34.1 Å². The van der Waals surface area contributed by atoms with Gasteiger partial charge >= 0.3 is 0 Å². The van der Waals surface area contributed by atoms with Crippen molar-refractivity contribution in [2.75, 3.05) is 0 Å². The molecule has 0 atom stereocenters. The number of furan rings is 1. The van der Waals surface area contributed by atoms with E-state index in [9.17, 15) is 0 Å². The Labute approximate surface area is 360 Å². The second kappa shape index (κ2) is 13.9. The predicted molar refractivity (Wildman–Crippen MR) is 253 cm³/mol. The van der Waals surface area contributed by atoms with Gasteiger partial charge in [0.2, 0.25) is 0 Å². The zero-order valence-corrected chi connectivity index (χ0v) is 33.6. The van der Waals surface area contributed by atoms with Gasteiger partial charge in [0.25, 0.3) is 0 Å². The number of aromatic nitrogens is 7. The van der Waals surface area contributed by atoms with Crippen LogP contribution < -0.4 is 0 Å². The van der Waals surface area contributed by atoms with E-state index in [0.717, 1.165) is 122 Å². The van der Waals surface area contributed by atoms with Crippen molar-refractivity contribution < 1.29 is 4.42 Å². The zero-order valence-electron chi connectivity index (χ0n) is 33.6. The van der Waals surface area contributed by atoms with E-state index in [2.05, 4.69) is 165 Å². The number of rotatable bonds is 6. The van der Waals surface area contributed by atoms with Crippen molar-refractivity contribution in [3.8, 4) is 56.1 Å². The number of hydrogen-bond acceptors (Lipinski definition) is 6. The normalized spacial score (nSPS) is 11.8. The SMILES string of the molecule is c1ccc(-c2ccc3c(n2)c2cc(-c4ccccc4-c4cncnc4)ccc2n3-c2ccnc(-n3c4ccc(-c5ccc6oc7ccccc7c6c5)cc4c4ncccc43)c2)cc1. The van der Waals surface area contributed by atoms with Gasteiger partial charge in [-0.2, -0.15) is 0 Å². The molecule has 0 fully saturated rings. The van der Waals surface area contributed by atoms with Gasteiger partial charge in [-0.1, -0.05) is 91.0 Å². The van der Waals surface area contributed by atoms with E-state index in [1.165, 1.54) is 0 Å². The lowest BCUT2D eigenvalue weighted by atomic mass is 9.95. The maximum Gasteiger partial charge on any atom is 0.139 e. The molecule has 0 radical (unpaired) electrons. The van der Waals surface area contributed by atoms with Crippen molar-refractivity contribution >= 4 is 65.8 Å². The summed E-state index contributed by atoms with van der Waals surface area (Å²) in [5.74, 6) is 0.791. The van der Waals surface area contributed by atoms with Crippen LogP contribution in [0, 0.1) is 0 Å². The third kappa shape index (κ3) is 5.58. The molecule has 63 heavy (non-hydrogen) atoms. The van der Waals surface area contributed by atoms with E-state index in [-0.39, 0.29) is 0 Å². The molecule has 0 spiro atoms. The molecule has 8 nitrogen and oxygen atoms in total. The van der Waals surface area contributed by atoms with E-state index < -0.39 is 0 Å². The summed E-state index contributed by atoms with van der Waals surface area (Å²) in [6.45, 7) is 0. The van der Waals surface area contributed by atoms with Gasteiger partial charge in [0.05, 0.1) is 44.5 Å². The predicted octanol–water partition coefficient (Wildman–Crippen LogP) is 13.4. The molecule has 0 saturated carbocycles. The van der Waals surface area contributed by atoms with Gasteiger partial charge < -0.3 is 8.98 Å². The maximum atomic E-state index is 6.14. The molecule has 294 valence electrons. The Hall–Kier alpha value is -8.75. The molecule has 13 aromatic rings. The highest BCUT2D eigenvalue weighted by atomic mass is 16.3. The molecular weight excluding hydrogens is 775 g/mol. The van der Waals surface area contributed by atoms with E-state index in [4.69, 9.17) is 19.4 Å². The lowest BCUT2D eigenvalue weighted by molar-refractivity contribution is 0.669. The Balaban J connectivity index is 0.982. The molecule has 0 N–H and O–H groups in total. The first-order valence-electron chi connectivity index (χ1n) is 20.9. The zero-order chi connectivity index (χ0) is 41.4. The summed E-state index contributed by atoms with van der Waals surface area (Å²) < 4.78 is 10.7. The highest BCUT2D eigenvalue weighted by Gasteiger charge is 2.20. The van der Waals surface area contributed by atoms with Gasteiger partial charge in [0, 0.05) is 63.5 Å². The minimum atomic E-state index is 0.791. The monoisotopic (exact) mass is 807 g/mol. The fraction of sp³-hybridized carbons (Fsp3) is 0. The lowest BCUT2D eigenvalue weighted by Gasteiger charge is -2.12. The van der Waals surface area contributed by atoms with E-state index in [1.54, 1.807) is 6.33 Å². The fourth-order valence-corrected chi connectivity index (χ4v) is 9.36. The number of benzene rings is 6. The van der Waals surface area contributed by atoms with Crippen LogP contribution in [0.2, 0.25) is 0 Å². The van der Waals surface area contributed by atoms with E-state index in [1.807, 2.05) is 49.1 Å². The number of nitrogens with zero attached hydrogens (tertiary/aromatic N) is 7. The number of hydrogen-bond donors (Lipinski definition) is 0. The quantitative estimate of drug-likeness (QED) is 0.166. The summed E-state index contributed by atoms with van der Waals surface area (Å²) >= 11 is 0. The molecule has 7 aromatic heterocycles. The van der Waals surface area contributed by atoms with Gasteiger partial charge in [0.15, 0.2) is 0 Å². The standard InChI is InChI=1S/C55H33N7O/c1-2-9-34(10-3-1)46-19-22-50-55(60-46)45-29-37(40-11-4-5-12-41(40)38-31-56-33-57-32-38)17-21-47(45)61(50)39-24-26-58-53(30-39)62-48-20-16-35(28-44(48)54-49(62)14-8-25-59-54)36-18-23-52-43(27-36)42-13-6-7-15-51(42)63-52/h1-33H. The molecule has 6 aromatic carbocycles. The maximum absolute atomic E-state index is 6.14. The fourth-order valence-electron chi connectivity index (χ4n) is 9.36. The smallest absolute Gasteiger partial charge is 0.139 e. The summed E-state index contributed by atoms with van der Waals surface area (Å²) in [5.41, 5.74) is 17.0. The first-order valence-corrected chi connectivity index (χ1v) is 20.9. The van der Waals surface area contributed by atoms with Gasteiger partial charge in [-0.15, -0.1) is 0 Å². The van der Waals surface area contributed by atoms with E-state index in [0.29, 0.717) is 0 Å². The van der Waals surface area contributed by atoms with Crippen molar-refractivity contribution in [2.24, 2.45) is 0 Å². The number of fused-ring (bicyclic) bond motifs is 9. The summed E-state index contributed by atoms with van der Waals surface area (Å²) in [6.07, 6.45) is 9.04. The topological polar surface area (TPSA) is 87.5 Å². The van der Waals surface area contributed by atoms with Crippen molar-refractivity contribution in [2.45, 2.75) is 0 Å². The lowest BCUT2D eigenvalue weighted by Crippen LogP contribution is -2.01. The van der Waals surface area contributed by atoms with Crippen LogP contribution in [0.3, 0.4) is 0 Å². The molecule has 7 heterocycles. The summed E-state index contributed by atoms with van der Waals surface area (Å²) in [7, 11) is 0. The van der Waals surface area contributed by atoms with Crippen molar-refractivity contribution in [3.63, 3.8) is 0 Å². The van der Waals surface area contributed by atoms with Crippen LogP contribution in [0.1, 0.15) is 0 Å². The van der Waals surface area contributed by atoms with Crippen molar-refractivity contribution in [3.05, 3.63) is 201 Å². The average molecular weight is 808 g/mol. The summed E-state index contributed by atoms with van der Waals surface area (Å²) in [5, 5.41) is 4.31. The Morgan fingerprint density at radius 2 is 1.06 bits per heavy atom. The average Bonchev–Trinajstić information content (AvgIpc) is 4.01. The van der Waals surface area contributed by atoms with Gasteiger partial charge in [0.1, 0.15) is 23.3 Å². The molecular formula is C55H33N7O. The van der Waals surface area contributed by atoms with Crippen molar-refractivity contribution in [1.82, 2.24) is 34.1 Å². The molecule has 0 unspecified atom stereocenters. The molecule has 0 aliphatic carbocycles. The minimum Gasteiger partial charge on any atom is -0.456 e. The van der Waals surface area contributed by atoms with E-state index >= 15 is 0 Å². The number of para-hydroxylation sites is 1. The van der Waals surface area contributed by atoms with Crippen LogP contribution >= 0.6 is 0 Å². The first kappa shape index (κ1) is 35.0. The molecule has 0 aliphatic heterocycles. The largest absolute Gasteiger partial charge is 0.456 e. The third-order valence-corrected chi connectivity index (χ3v) is 12.2. The van der Waals surface area contributed by atoms with Crippen molar-refractivity contribution in [1.29, 1.82) is 0 Å². The highest BCUT2D eigenvalue weighted by molar-refractivity contribution is 6.11. The Kier molecular flexibility index (Phi) is 7.74. The van der Waals surface area contributed by atoms with Crippen LogP contribution in [0.5, 0.6) is 0 Å². The molecule has 0 saturated heterocycles. The van der Waals surface area contributed by atoms with Gasteiger partial charge in [-0.3, -0.25) is 9.55 Å². The minimum absolute atomic E-state index is 0.791. The third-order valence-electron chi connectivity index (χ3n) is 12.2. The Morgan fingerprint density at radius 3 is 1.94 bits per heavy atom. The van der Waals surface area contributed by atoms with Crippen LogP contribution in [-0.2, 0) is 0 Å². The molecule has 0 amide bonds.